The van der Waals surface area contributed by atoms with Gasteiger partial charge in [0.05, 0.1) is 0 Å². The van der Waals surface area contributed by atoms with E-state index < -0.39 is 0 Å². The Bertz CT molecular complexity index is 767. The number of esters is 1. The monoisotopic (exact) mass is 498 g/mol. The molecule has 0 aromatic heterocycles. The molecule has 0 bridgehead atoms. The van der Waals surface area contributed by atoms with Crippen molar-refractivity contribution in [1.29, 1.82) is 0 Å². The highest BCUT2D eigenvalue weighted by Crippen LogP contribution is 2.67. The van der Waals surface area contributed by atoms with E-state index in [0.29, 0.717) is 17.3 Å². The van der Waals surface area contributed by atoms with E-state index in [2.05, 4.69) is 47.6 Å². The molecule has 3 fully saturated rings. The number of hydrogen-bond acceptors (Lipinski definition) is 2. The van der Waals surface area contributed by atoms with E-state index in [1.54, 1.807) is 5.57 Å². The van der Waals surface area contributed by atoms with Gasteiger partial charge in [-0.05, 0) is 97.7 Å². The second-order valence-corrected chi connectivity index (χ2v) is 14.5. The van der Waals surface area contributed by atoms with Gasteiger partial charge in [0.1, 0.15) is 6.10 Å². The Morgan fingerprint density at radius 3 is 2.53 bits per heavy atom. The summed E-state index contributed by atoms with van der Waals surface area (Å²) in [5, 5.41) is 0. The third-order valence-electron chi connectivity index (χ3n) is 11.8. The molecule has 2 heteroatoms. The maximum absolute atomic E-state index is 12.4. The summed E-state index contributed by atoms with van der Waals surface area (Å²) in [6.07, 6.45) is 22.5. The fourth-order valence-corrected chi connectivity index (χ4v) is 9.69. The maximum Gasteiger partial charge on any atom is 0.306 e. The molecule has 8 atom stereocenters. The largest absolute Gasteiger partial charge is 0.462 e. The molecule has 0 aromatic rings. The fraction of sp³-hybridized carbons (Fsp3) is 0.912. The Morgan fingerprint density at radius 2 is 1.78 bits per heavy atom. The van der Waals surface area contributed by atoms with E-state index in [1.165, 1.54) is 70.6 Å². The van der Waals surface area contributed by atoms with Crippen molar-refractivity contribution in [3.8, 4) is 0 Å². The molecule has 3 saturated carbocycles. The number of carbonyl (C=O) groups is 1. The molecule has 206 valence electrons. The van der Waals surface area contributed by atoms with E-state index in [-0.39, 0.29) is 12.1 Å². The molecule has 0 spiro atoms. The lowest BCUT2D eigenvalue weighted by atomic mass is 9.47. The minimum atomic E-state index is 0.0435. The van der Waals surface area contributed by atoms with Crippen molar-refractivity contribution < 1.29 is 9.53 Å². The molecule has 4 aliphatic carbocycles. The first-order valence-electron chi connectivity index (χ1n) is 16.1. The fourth-order valence-electron chi connectivity index (χ4n) is 9.69. The van der Waals surface area contributed by atoms with Crippen molar-refractivity contribution in [2.45, 2.75) is 150 Å². The van der Waals surface area contributed by atoms with Crippen molar-refractivity contribution in [2.75, 3.05) is 0 Å². The number of allylic oxidation sites excluding steroid dienone is 1. The van der Waals surface area contributed by atoms with Crippen LogP contribution < -0.4 is 0 Å². The topological polar surface area (TPSA) is 26.3 Å². The Hall–Kier alpha value is -0.790. The van der Waals surface area contributed by atoms with Crippen LogP contribution in [0.5, 0.6) is 0 Å². The number of rotatable bonds is 11. The van der Waals surface area contributed by atoms with Crippen molar-refractivity contribution in [3.63, 3.8) is 0 Å². The van der Waals surface area contributed by atoms with Crippen molar-refractivity contribution >= 4 is 5.97 Å². The zero-order chi connectivity index (χ0) is 25.9. The predicted octanol–water partition coefficient (Wildman–Crippen LogP) is 9.91. The maximum atomic E-state index is 12.4. The second-order valence-electron chi connectivity index (χ2n) is 14.5. The summed E-state index contributed by atoms with van der Waals surface area (Å²) < 4.78 is 5.99. The molecule has 2 nitrogen and oxygen atoms in total. The molecule has 0 saturated heterocycles. The van der Waals surface area contributed by atoms with E-state index in [4.69, 9.17) is 4.74 Å². The molecule has 0 N–H and O–H groups in total. The van der Waals surface area contributed by atoms with Gasteiger partial charge in [0.15, 0.2) is 0 Å². The lowest BCUT2D eigenvalue weighted by Gasteiger charge is -2.58. The van der Waals surface area contributed by atoms with Gasteiger partial charge in [0.25, 0.3) is 0 Å². The molecule has 4 aliphatic rings. The quantitative estimate of drug-likeness (QED) is 0.161. The van der Waals surface area contributed by atoms with Crippen LogP contribution in [0.15, 0.2) is 11.6 Å². The van der Waals surface area contributed by atoms with Crippen LogP contribution in [0.25, 0.3) is 0 Å². The van der Waals surface area contributed by atoms with Gasteiger partial charge in [-0.1, -0.05) is 91.7 Å². The number of unbranched alkanes of at least 4 members (excludes halogenated alkanes) is 3. The first-order valence-corrected chi connectivity index (χ1v) is 16.1. The van der Waals surface area contributed by atoms with Crippen LogP contribution in [0.3, 0.4) is 0 Å². The summed E-state index contributed by atoms with van der Waals surface area (Å²) in [6.45, 7) is 14.8. The summed E-state index contributed by atoms with van der Waals surface area (Å²) in [7, 11) is 0. The van der Waals surface area contributed by atoms with E-state index >= 15 is 0 Å². The molecule has 0 amide bonds. The minimum Gasteiger partial charge on any atom is -0.462 e. The average molecular weight is 499 g/mol. The summed E-state index contributed by atoms with van der Waals surface area (Å²) in [4.78, 5) is 12.4. The second kappa shape index (κ2) is 11.9. The first kappa shape index (κ1) is 28.2. The smallest absolute Gasteiger partial charge is 0.306 e. The van der Waals surface area contributed by atoms with Crippen LogP contribution >= 0.6 is 0 Å². The lowest BCUT2D eigenvalue weighted by Crippen LogP contribution is -2.51. The van der Waals surface area contributed by atoms with Crippen LogP contribution in [0.1, 0.15) is 144 Å². The zero-order valence-electron chi connectivity index (χ0n) is 24.7. The summed E-state index contributed by atoms with van der Waals surface area (Å²) >= 11 is 0. The van der Waals surface area contributed by atoms with Crippen molar-refractivity contribution in [3.05, 3.63) is 11.6 Å². The highest BCUT2D eigenvalue weighted by Gasteiger charge is 2.59. The lowest BCUT2D eigenvalue weighted by molar-refractivity contribution is -0.151. The van der Waals surface area contributed by atoms with Crippen LogP contribution in [-0.2, 0) is 9.53 Å². The molecule has 36 heavy (non-hydrogen) atoms. The predicted molar refractivity (Wildman–Crippen MR) is 152 cm³/mol. The molecular formula is C34H58O2. The summed E-state index contributed by atoms with van der Waals surface area (Å²) in [5.41, 5.74) is 2.54. The van der Waals surface area contributed by atoms with Crippen LogP contribution in [0.2, 0.25) is 0 Å². The molecule has 0 unspecified atom stereocenters. The van der Waals surface area contributed by atoms with Gasteiger partial charge in [0.2, 0.25) is 0 Å². The van der Waals surface area contributed by atoms with Gasteiger partial charge in [0, 0.05) is 12.8 Å². The van der Waals surface area contributed by atoms with Crippen molar-refractivity contribution in [2.24, 2.45) is 46.3 Å². The molecule has 0 heterocycles. The first-order chi connectivity index (χ1) is 17.2. The summed E-state index contributed by atoms with van der Waals surface area (Å²) in [5.74, 6) is 5.34. The van der Waals surface area contributed by atoms with Crippen LogP contribution in [0.4, 0.5) is 0 Å². The molecule has 0 aliphatic heterocycles. The molecule has 0 radical (unpaired) electrons. The highest BCUT2D eigenvalue weighted by atomic mass is 16.5. The molecule has 0 aromatic carbocycles. The summed E-state index contributed by atoms with van der Waals surface area (Å²) in [6, 6.07) is 0. The van der Waals surface area contributed by atoms with E-state index in [1.807, 2.05) is 0 Å². The van der Waals surface area contributed by atoms with Crippen molar-refractivity contribution in [1.82, 2.24) is 0 Å². The third-order valence-corrected chi connectivity index (χ3v) is 11.8. The van der Waals surface area contributed by atoms with Gasteiger partial charge >= 0.3 is 5.97 Å². The van der Waals surface area contributed by atoms with Crippen LogP contribution in [-0.4, -0.2) is 12.1 Å². The number of fused-ring (bicyclic) bond motifs is 5. The molecule has 4 rings (SSSR count). The van der Waals surface area contributed by atoms with Gasteiger partial charge in [-0.15, -0.1) is 0 Å². The average Bonchev–Trinajstić information content (AvgIpc) is 3.19. The van der Waals surface area contributed by atoms with E-state index in [9.17, 15) is 4.79 Å². The van der Waals surface area contributed by atoms with Crippen LogP contribution in [0, 0.1) is 46.3 Å². The van der Waals surface area contributed by atoms with Gasteiger partial charge in [-0.3, -0.25) is 4.79 Å². The third kappa shape index (κ3) is 5.78. The van der Waals surface area contributed by atoms with Gasteiger partial charge in [-0.25, -0.2) is 0 Å². The standard InChI is InChI=1S/C34H58O2/c1-7-8-9-10-14-32(35)36-27-19-21-33(5)26(23-27)15-16-28-30-18-17-29(25(4)13-11-12-24(2)3)34(30,6)22-20-31(28)33/h15,24-25,27-31H,7-14,16-23H2,1-6H3/t25-,27+,28+,29+,30-,31+,33+,34-/m1/s1. The Morgan fingerprint density at radius 1 is 0.972 bits per heavy atom. The number of ether oxygens (including phenoxy) is 1. The number of hydrogen-bond donors (Lipinski definition) is 0. The highest BCUT2D eigenvalue weighted by molar-refractivity contribution is 5.69. The Labute approximate surface area is 223 Å². The SMILES string of the molecule is CCCCCCC(=O)O[C@H]1CC[C@@]2(C)C(=CC[C@H]3[C@H]4CC[C@@H]([C@H](C)CCCC(C)C)[C@@]4(C)CC[C@@H]32)C1. The normalized spacial score (nSPS) is 38.6. The zero-order valence-corrected chi connectivity index (χ0v) is 24.7. The Balaban J connectivity index is 1.36. The molecular weight excluding hydrogens is 440 g/mol. The van der Waals surface area contributed by atoms with E-state index in [0.717, 1.165) is 61.2 Å². The number of carbonyl (C=O) groups excluding carboxylic acids is 1. The van der Waals surface area contributed by atoms with Gasteiger partial charge in [-0.2, -0.15) is 0 Å². The van der Waals surface area contributed by atoms with Gasteiger partial charge < -0.3 is 4.74 Å². The minimum absolute atomic E-state index is 0.0435. The Kier molecular flexibility index (Phi) is 9.36.